The van der Waals surface area contributed by atoms with Crippen LogP contribution in [0.3, 0.4) is 0 Å². The van der Waals surface area contributed by atoms with E-state index in [1.54, 1.807) is 0 Å². The molecule has 35 valence electrons. The minimum absolute atomic E-state index is 1.01. The van der Waals surface area contributed by atoms with Gasteiger partial charge in [-0.25, -0.2) is 0 Å². The molecule has 0 bridgehead atoms. The van der Waals surface area contributed by atoms with E-state index in [0.717, 1.165) is 13.2 Å². The van der Waals surface area contributed by atoms with Crippen molar-refractivity contribution in [2.75, 3.05) is 20.3 Å². The summed E-state index contributed by atoms with van der Waals surface area (Å²) >= 11 is 0. The third-order valence-corrected chi connectivity index (χ3v) is 0.909. The lowest BCUT2D eigenvalue weighted by Gasteiger charge is -1.99. The fourth-order valence-electron chi connectivity index (χ4n) is 0.505. The van der Waals surface area contributed by atoms with Crippen LogP contribution in [0.5, 0.6) is 0 Å². The maximum atomic E-state index is 3.07. The van der Waals surface area contributed by atoms with Crippen LogP contribution in [0.25, 0.3) is 0 Å². The SMILES string of the molecule is CN1C[CH]NC1. The highest BCUT2D eigenvalue weighted by Crippen LogP contribution is 1.87. The van der Waals surface area contributed by atoms with Gasteiger partial charge < -0.3 is 0 Å². The van der Waals surface area contributed by atoms with E-state index in [2.05, 4.69) is 23.8 Å². The molecule has 0 saturated carbocycles. The molecular formula is C4H9N2. The standard InChI is InChI=1S/C4H9N2/c1-6-3-2-5-4-6/h2,5H,3-4H2,1H3. The van der Waals surface area contributed by atoms with Crippen molar-refractivity contribution in [3.05, 3.63) is 6.54 Å². The van der Waals surface area contributed by atoms with Crippen LogP contribution < -0.4 is 5.32 Å². The highest BCUT2D eigenvalue weighted by molar-refractivity contribution is 4.72. The molecule has 1 aliphatic heterocycles. The van der Waals surface area contributed by atoms with Crippen LogP contribution in [-0.2, 0) is 0 Å². The molecule has 1 radical (unpaired) electrons. The van der Waals surface area contributed by atoms with Crippen LogP contribution in [0, 0.1) is 6.54 Å². The van der Waals surface area contributed by atoms with Crippen molar-refractivity contribution in [1.29, 1.82) is 0 Å². The van der Waals surface area contributed by atoms with Crippen molar-refractivity contribution in [2.24, 2.45) is 0 Å². The smallest absolute Gasteiger partial charge is 0.0481 e. The lowest BCUT2D eigenvalue weighted by molar-refractivity contribution is 0.414. The van der Waals surface area contributed by atoms with E-state index in [1.807, 2.05) is 0 Å². The summed E-state index contributed by atoms with van der Waals surface area (Å²) in [7, 11) is 2.08. The maximum absolute atomic E-state index is 3.07. The minimum Gasteiger partial charge on any atom is -0.299 e. The molecule has 1 N–H and O–H groups in total. The quantitative estimate of drug-likeness (QED) is 0.432. The first-order chi connectivity index (χ1) is 2.89. The molecule has 1 aliphatic rings. The van der Waals surface area contributed by atoms with Gasteiger partial charge in [0.25, 0.3) is 0 Å². The van der Waals surface area contributed by atoms with Crippen LogP contribution in [0.15, 0.2) is 0 Å². The zero-order chi connectivity index (χ0) is 4.41. The predicted molar refractivity (Wildman–Crippen MR) is 24.9 cm³/mol. The molecule has 0 unspecified atom stereocenters. The van der Waals surface area contributed by atoms with Gasteiger partial charge in [0.05, 0.1) is 0 Å². The highest BCUT2D eigenvalue weighted by atomic mass is 15.3. The zero-order valence-electron chi connectivity index (χ0n) is 3.94. The second-order valence-electron chi connectivity index (χ2n) is 1.60. The van der Waals surface area contributed by atoms with Gasteiger partial charge in [0.1, 0.15) is 0 Å². The summed E-state index contributed by atoms with van der Waals surface area (Å²) in [4.78, 5) is 2.19. The van der Waals surface area contributed by atoms with Gasteiger partial charge in [-0.1, -0.05) is 0 Å². The highest BCUT2D eigenvalue weighted by Gasteiger charge is 2.02. The summed E-state index contributed by atoms with van der Waals surface area (Å²) in [6.07, 6.45) is 0. The molecule has 0 aliphatic carbocycles. The van der Waals surface area contributed by atoms with Gasteiger partial charge in [-0.3, -0.25) is 10.2 Å². The van der Waals surface area contributed by atoms with E-state index in [9.17, 15) is 0 Å². The Balaban J connectivity index is 2.18. The molecule has 6 heavy (non-hydrogen) atoms. The average Bonchev–Trinajstić information content (AvgIpc) is 1.86. The van der Waals surface area contributed by atoms with Crippen LogP contribution in [-0.4, -0.2) is 25.2 Å². The molecule has 0 amide bonds. The molecular weight excluding hydrogens is 76.1 g/mol. The Kier molecular flexibility index (Phi) is 1.08. The summed E-state index contributed by atoms with van der Waals surface area (Å²) in [6.45, 7) is 4.15. The molecule has 1 rings (SSSR count). The largest absolute Gasteiger partial charge is 0.299 e. The number of hydrogen-bond acceptors (Lipinski definition) is 2. The molecule has 1 heterocycles. The normalized spacial score (nSPS) is 25.5. The molecule has 0 spiro atoms. The second-order valence-corrected chi connectivity index (χ2v) is 1.60. The van der Waals surface area contributed by atoms with Crippen molar-refractivity contribution in [1.82, 2.24) is 10.2 Å². The van der Waals surface area contributed by atoms with Gasteiger partial charge >= 0.3 is 0 Å². The second kappa shape index (κ2) is 1.58. The number of hydrogen-bond donors (Lipinski definition) is 1. The average molecular weight is 85.1 g/mol. The van der Waals surface area contributed by atoms with Crippen molar-refractivity contribution in [3.8, 4) is 0 Å². The van der Waals surface area contributed by atoms with E-state index in [-0.39, 0.29) is 0 Å². The summed E-state index contributed by atoms with van der Waals surface area (Å²) in [5.74, 6) is 0. The topological polar surface area (TPSA) is 15.3 Å². The van der Waals surface area contributed by atoms with Crippen LogP contribution in [0.4, 0.5) is 0 Å². The Morgan fingerprint density at radius 1 is 1.83 bits per heavy atom. The fourth-order valence-corrected chi connectivity index (χ4v) is 0.505. The Hall–Kier alpha value is -0.0800. The summed E-state index contributed by atoms with van der Waals surface area (Å²) in [5, 5.41) is 3.07. The van der Waals surface area contributed by atoms with Gasteiger partial charge in [-0.05, 0) is 7.05 Å². The van der Waals surface area contributed by atoms with Gasteiger partial charge in [0, 0.05) is 19.8 Å². The fraction of sp³-hybridized carbons (Fsp3) is 0.750. The Morgan fingerprint density at radius 2 is 2.67 bits per heavy atom. The Morgan fingerprint density at radius 3 is 2.83 bits per heavy atom. The summed E-state index contributed by atoms with van der Waals surface area (Å²) < 4.78 is 0. The van der Waals surface area contributed by atoms with E-state index in [1.165, 1.54) is 0 Å². The summed E-state index contributed by atoms with van der Waals surface area (Å²) in [6, 6.07) is 0. The van der Waals surface area contributed by atoms with Crippen molar-refractivity contribution < 1.29 is 0 Å². The van der Waals surface area contributed by atoms with Crippen molar-refractivity contribution >= 4 is 0 Å². The molecule has 0 aromatic heterocycles. The molecule has 2 heteroatoms. The summed E-state index contributed by atoms with van der Waals surface area (Å²) in [5.41, 5.74) is 0. The minimum atomic E-state index is 1.01. The molecule has 1 fully saturated rings. The van der Waals surface area contributed by atoms with Gasteiger partial charge in [-0.2, -0.15) is 0 Å². The van der Waals surface area contributed by atoms with Crippen molar-refractivity contribution in [3.63, 3.8) is 0 Å². The number of rotatable bonds is 0. The first kappa shape index (κ1) is 4.09. The number of nitrogens with zero attached hydrogens (tertiary/aromatic N) is 1. The third kappa shape index (κ3) is 0.698. The lowest BCUT2D eigenvalue weighted by atomic mass is 10.7. The van der Waals surface area contributed by atoms with Crippen LogP contribution in [0.1, 0.15) is 0 Å². The van der Waals surface area contributed by atoms with Gasteiger partial charge in [0.15, 0.2) is 0 Å². The molecule has 0 aromatic rings. The Labute approximate surface area is 38.1 Å². The van der Waals surface area contributed by atoms with Gasteiger partial charge in [0.2, 0.25) is 0 Å². The van der Waals surface area contributed by atoms with E-state index >= 15 is 0 Å². The zero-order valence-corrected chi connectivity index (χ0v) is 3.94. The third-order valence-electron chi connectivity index (χ3n) is 0.909. The maximum Gasteiger partial charge on any atom is 0.0481 e. The van der Waals surface area contributed by atoms with E-state index in [0.29, 0.717) is 0 Å². The van der Waals surface area contributed by atoms with E-state index < -0.39 is 0 Å². The molecule has 0 atom stereocenters. The van der Waals surface area contributed by atoms with E-state index in [4.69, 9.17) is 0 Å². The van der Waals surface area contributed by atoms with Gasteiger partial charge in [-0.15, -0.1) is 0 Å². The molecule has 2 nitrogen and oxygen atoms in total. The van der Waals surface area contributed by atoms with Crippen LogP contribution in [0.2, 0.25) is 0 Å². The van der Waals surface area contributed by atoms with Crippen LogP contribution >= 0.6 is 0 Å². The number of likely N-dealkylation sites (N-methyl/N-ethyl adjacent to an activating group) is 1. The predicted octanol–water partition coefficient (Wildman–Crippen LogP) is -0.359. The Bertz CT molecular complexity index is 38.8. The first-order valence-corrected chi connectivity index (χ1v) is 2.13. The first-order valence-electron chi connectivity index (χ1n) is 2.13. The molecule has 1 saturated heterocycles. The monoisotopic (exact) mass is 85.1 g/mol. The lowest BCUT2D eigenvalue weighted by Crippen LogP contribution is -2.15. The molecule has 0 aromatic carbocycles. The number of nitrogens with one attached hydrogen (secondary N) is 1. The van der Waals surface area contributed by atoms with Crippen molar-refractivity contribution in [2.45, 2.75) is 0 Å².